The van der Waals surface area contributed by atoms with Gasteiger partial charge in [-0.1, -0.05) is 60.1 Å². The van der Waals surface area contributed by atoms with Gasteiger partial charge in [-0.25, -0.2) is 0 Å². The van der Waals surface area contributed by atoms with E-state index in [0.29, 0.717) is 33.5 Å². The highest BCUT2D eigenvalue weighted by Gasteiger charge is 2.39. The predicted octanol–water partition coefficient (Wildman–Crippen LogP) is 5.32. The van der Waals surface area contributed by atoms with Gasteiger partial charge in [-0.05, 0) is 60.0 Å². The molecule has 1 N–H and O–H groups in total. The number of anilines is 2. The second kappa shape index (κ2) is 11.6. The monoisotopic (exact) mass is 595 g/mol. The van der Waals surface area contributed by atoms with E-state index >= 15 is 0 Å². The Morgan fingerprint density at radius 2 is 1.65 bits per heavy atom. The number of Topliss-reactive ketones (excluding diaryl/α,β-unsaturated/α-hetero) is 1. The lowest BCUT2D eigenvalue weighted by atomic mass is 10.0. The fourth-order valence-electron chi connectivity index (χ4n) is 5.23. The molecule has 0 aromatic heterocycles. The number of nitrogens with one attached hydrogen (secondary N) is 1. The zero-order chi connectivity index (χ0) is 30.1. The standard InChI is InChI=1S/C33H26ClN3O6/c1-20-6-2-3-7-22(20)17-37(29(38)18-36-26-9-5-4-8-25(26)31(39)33(36)41)30(21-10-12-23(34)13-11-21)32(40)35-24-14-15-27-28(16-24)43-19-42-27/h2-16,30H,17-19H2,1H3,(H,35,40). The van der Waals surface area contributed by atoms with E-state index in [2.05, 4.69) is 5.32 Å². The summed E-state index contributed by atoms with van der Waals surface area (Å²) in [6, 6.07) is 24.6. The fraction of sp³-hybridized carbons (Fsp3) is 0.152. The van der Waals surface area contributed by atoms with Crippen molar-refractivity contribution in [2.75, 3.05) is 23.6 Å². The summed E-state index contributed by atoms with van der Waals surface area (Å²) in [6.45, 7) is 1.63. The Hall–Kier alpha value is -5.15. The van der Waals surface area contributed by atoms with Gasteiger partial charge in [-0.15, -0.1) is 0 Å². The Bertz CT molecular complexity index is 1760. The highest BCUT2D eigenvalue weighted by Crippen LogP contribution is 2.35. The van der Waals surface area contributed by atoms with Gasteiger partial charge >= 0.3 is 0 Å². The number of hydrogen-bond acceptors (Lipinski definition) is 6. The molecule has 2 heterocycles. The highest BCUT2D eigenvalue weighted by molar-refractivity contribution is 6.52. The third kappa shape index (κ3) is 5.54. The zero-order valence-electron chi connectivity index (χ0n) is 23.1. The maximum Gasteiger partial charge on any atom is 0.299 e. The number of fused-ring (bicyclic) bond motifs is 2. The Morgan fingerprint density at radius 1 is 0.930 bits per heavy atom. The summed E-state index contributed by atoms with van der Waals surface area (Å²) >= 11 is 6.18. The summed E-state index contributed by atoms with van der Waals surface area (Å²) < 4.78 is 10.8. The highest BCUT2D eigenvalue weighted by atomic mass is 35.5. The summed E-state index contributed by atoms with van der Waals surface area (Å²) in [7, 11) is 0. The molecule has 10 heteroatoms. The van der Waals surface area contributed by atoms with Crippen LogP contribution in [0.1, 0.15) is 33.1 Å². The van der Waals surface area contributed by atoms with E-state index in [1.54, 1.807) is 66.7 Å². The second-order valence-corrected chi connectivity index (χ2v) is 10.6. The molecule has 0 aliphatic carbocycles. The van der Waals surface area contributed by atoms with Crippen LogP contribution in [-0.4, -0.2) is 41.7 Å². The maximum atomic E-state index is 14.2. The fourth-order valence-corrected chi connectivity index (χ4v) is 5.35. The molecule has 43 heavy (non-hydrogen) atoms. The third-order valence-corrected chi connectivity index (χ3v) is 7.73. The Kier molecular flexibility index (Phi) is 7.56. The molecule has 0 saturated heterocycles. The zero-order valence-corrected chi connectivity index (χ0v) is 23.8. The molecule has 1 unspecified atom stereocenters. The summed E-state index contributed by atoms with van der Waals surface area (Å²) in [6.07, 6.45) is 0. The number of rotatable bonds is 8. The average Bonchev–Trinajstić information content (AvgIpc) is 3.57. The topological polar surface area (TPSA) is 105 Å². The van der Waals surface area contributed by atoms with Crippen molar-refractivity contribution in [1.29, 1.82) is 0 Å². The molecular formula is C33H26ClN3O6. The number of benzene rings is 4. The SMILES string of the molecule is Cc1ccccc1CN(C(=O)CN1C(=O)C(=O)c2ccccc21)C(C(=O)Nc1ccc2c(c1)OCO2)c1ccc(Cl)cc1. The molecule has 0 radical (unpaired) electrons. The first kappa shape index (κ1) is 28.0. The number of carbonyl (C=O) groups is 4. The minimum atomic E-state index is -1.13. The van der Waals surface area contributed by atoms with Crippen molar-refractivity contribution in [1.82, 2.24) is 4.90 Å². The van der Waals surface area contributed by atoms with Crippen LogP contribution in [0.15, 0.2) is 91.0 Å². The van der Waals surface area contributed by atoms with Gasteiger partial charge in [-0.2, -0.15) is 0 Å². The summed E-state index contributed by atoms with van der Waals surface area (Å²) in [5, 5.41) is 3.38. The van der Waals surface area contributed by atoms with Crippen molar-refractivity contribution in [2.24, 2.45) is 0 Å². The molecule has 9 nitrogen and oxygen atoms in total. The molecule has 0 saturated carbocycles. The quantitative estimate of drug-likeness (QED) is 0.277. The van der Waals surface area contributed by atoms with E-state index in [1.807, 2.05) is 31.2 Å². The first-order chi connectivity index (χ1) is 20.8. The van der Waals surface area contributed by atoms with Crippen molar-refractivity contribution < 1.29 is 28.7 Å². The third-order valence-electron chi connectivity index (χ3n) is 7.48. The van der Waals surface area contributed by atoms with Crippen LogP contribution in [0.2, 0.25) is 5.02 Å². The molecule has 0 bridgehead atoms. The molecule has 0 fully saturated rings. The van der Waals surface area contributed by atoms with Crippen molar-refractivity contribution in [2.45, 2.75) is 19.5 Å². The molecule has 4 aromatic rings. The maximum absolute atomic E-state index is 14.2. The van der Waals surface area contributed by atoms with Crippen LogP contribution in [0.3, 0.4) is 0 Å². The number of nitrogens with zero attached hydrogens (tertiary/aromatic N) is 2. The van der Waals surface area contributed by atoms with Gasteiger partial charge in [0, 0.05) is 23.3 Å². The lowest BCUT2D eigenvalue weighted by Crippen LogP contribution is -2.46. The largest absolute Gasteiger partial charge is 0.454 e. The van der Waals surface area contributed by atoms with Crippen LogP contribution in [0, 0.1) is 6.92 Å². The molecule has 0 spiro atoms. The number of carbonyl (C=O) groups excluding carboxylic acids is 4. The van der Waals surface area contributed by atoms with E-state index in [4.69, 9.17) is 21.1 Å². The van der Waals surface area contributed by atoms with Crippen LogP contribution < -0.4 is 19.7 Å². The predicted molar refractivity (Wildman–Crippen MR) is 160 cm³/mol. The van der Waals surface area contributed by atoms with Crippen LogP contribution in [0.5, 0.6) is 11.5 Å². The van der Waals surface area contributed by atoms with Crippen molar-refractivity contribution in [3.8, 4) is 11.5 Å². The Morgan fingerprint density at radius 3 is 2.44 bits per heavy atom. The summed E-state index contributed by atoms with van der Waals surface area (Å²) in [4.78, 5) is 56.6. The van der Waals surface area contributed by atoms with Crippen LogP contribution in [0.25, 0.3) is 0 Å². The summed E-state index contributed by atoms with van der Waals surface area (Å²) in [5.74, 6) is -1.44. The van der Waals surface area contributed by atoms with E-state index in [9.17, 15) is 19.2 Å². The minimum absolute atomic E-state index is 0.0605. The number of halogens is 1. The van der Waals surface area contributed by atoms with Crippen molar-refractivity contribution in [3.05, 3.63) is 118 Å². The molecule has 6 rings (SSSR count). The van der Waals surface area contributed by atoms with Crippen molar-refractivity contribution in [3.63, 3.8) is 0 Å². The molecular weight excluding hydrogens is 570 g/mol. The number of amides is 3. The molecule has 3 amide bonds. The van der Waals surface area contributed by atoms with Crippen LogP contribution in [-0.2, 0) is 20.9 Å². The van der Waals surface area contributed by atoms with Gasteiger partial charge in [-0.3, -0.25) is 24.1 Å². The average molecular weight is 596 g/mol. The van der Waals surface area contributed by atoms with Gasteiger partial charge < -0.3 is 19.7 Å². The molecule has 2 aliphatic rings. The van der Waals surface area contributed by atoms with E-state index in [1.165, 1.54) is 9.80 Å². The number of ether oxygens (including phenoxy) is 2. The summed E-state index contributed by atoms with van der Waals surface area (Å²) in [5.41, 5.74) is 3.29. The Balaban J connectivity index is 1.39. The van der Waals surface area contributed by atoms with Gasteiger partial charge in [0.25, 0.3) is 17.6 Å². The molecule has 1 atom stereocenters. The molecule has 216 valence electrons. The van der Waals surface area contributed by atoms with Gasteiger partial charge in [0.15, 0.2) is 11.5 Å². The minimum Gasteiger partial charge on any atom is -0.454 e. The molecule has 4 aromatic carbocycles. The number of hydrogen-bond donors (Lipinski definition) is 1. The second-order valence-electron chi connectivity index (χ2n) is 10.2. The van der Waals surface area contributed by atoms with Crippen LogP contribution in [0.4, 0.5) is 11.4 Å². The normalized spacial score (nSPS) is 14.0. The number of aryl methyl sites for hydroxylation is 1. The van der Waals surface area contributed by atoms with E-state index in [-0.39, 0.29) is 18.9 Å². The van der Waals surface area contributed by atoms with Crippen LogP contribution >= 0.6 is 11.6 Å². The van der Waals surface area contributed by atoms with Gasteiger partial charge in [0.2, 0.25) is 12.7 Å². The molecule has 2 aliphatic heterocycles. The number of para-hydroxylation sites is 1. The number of ketones is 1. The van der Waals surface area contributed by atoms with E-state index < -0.39 is 36.1 Å². The van der Waals surface area contributed by atoms with Gasteiger partial charge in [0.1, 0.15) is 12.6 Å². The Labute approximate surface area is 252 Å². The van der Waals surface area contributed by atoms with Crippen molar-refractivity contribution >= 4 is 46.5 Å². The van der Waals surface area contributed by atoms with E-state index in [0.717, 1.165) is 11.1 Å². The first-order valence-electron chi connectivity index (χ1n) is 13.6. The first-order valence-corrected chi connectivity index (χ1v) is 13.9. The van der Waals surface area contributed by atoms with Gasteiger partial charge in [0.05, 0.1) is 11.3 Å². The lowest BCUT2D eigenvalue weighted by molar-refractivity contribution is -0.139. The lowest BCUT2D eigenvalue weighted by Gasteiger charge is -2.33. The smallest absolute Gasteiger partial charge is 0.299 e.